The van der Waals surface area contributed by atoms with Crippen molar-refractivity contribution in [3.63, 3.8) is 0 Å². The molecule has 0 aromatic heterocycles. The van der Waals surface area contributed by atoms with Crippen molar-refractivity contribution in [2.45, 2.75) is 25.9 Å². The smallest absolute Gasteiger partial charge is 0.120 e. The first-order valence-corrected chi connectivity index (χ1v) is 8.41. The maximum absolute atomic E-state index is 9.41. The first kappa shape index (κ1) is 17.7. The van der Waals surface area contributed by atoms with Crippen LogP contribution < -0.4 is 10.1 Å². The van der Waals surface area contributed by atoms with Gasteiger partial charge in [0, 0.05) is 13.1 Å². The predicted molar refractivity (Wildman–Crippen MR) is 90.4 cm³/mol. The number of ether oxygens (including phenoxy) is 1. The molecule has 0 spiro atoms. The highest BCUT2D eigenvalue weighted by Crippen LogP contribution is 2.16. The molecule has 5 heteroatoms. The van der Waals surface area contributed by atoms with Crippen molar-refractivity contribution in [3.8, 4) is 11.8 Å². The molecule has 1 aliphatic heterocycles. The Morgan fingerprint density at radius 2 is 2.22 bits per heavy atom. The van der Waals surface area contributed by atoms with Crippen molar-refractivity contribution in [2.75, 3.05) is 39.3 Å². The van der Waals surface area contributed by atoms with Crippen LogP contribution in [0.25, 0.3) is 0 Å². The van der Waals surface area contributed by atoms with Gasteiger partial charge < -0.3 is 20.1 Å². The van der Waals surface area contributed by atoms with E-state index in [4.69, 9.17) is 10.00 Å². The molecule has 1 aromatic rings. The van der Waals surface area contributed by atoms with E-state index >= 15 is 0 Å². The van der Waals surface area contributed by atoms with E-state index in [1.807, 2.05) is 19.1 Å². The molecule has 1 saturated heterocycles. The van der Waals surface area contributed by atoms with Gasteiger partial charge in [0.2, 0.25) is 0 Å². The molecule has 1 unspecified atom stereocenters. The monoisotopic (exact) mass is 317 g/mol. The van der Waals surface area contributed by atoms with E-state index < -0.39 is 0 Å². The lowest BCUT2D eigenvalue weighted by Gasteiger charge is -2.32. The summed E-state index contributed by atoms with van der Waals surface area (Å²) in [5.74, 6) is 1.46. The van der Waals surface area contributed by atoms with Crippen LogP contribution in [0.1, 0.15) is 25.3 Å². The van der Waals surface area contributed by atoms with Gasteiger partial charge in [-0.3, -0.25) is 0 Å². The summed E-state index contributed by atoms with van der Waals surface area (Å²) in [6.07, 6.45) is 2.14. The Balaban J connectivity index is 1.55. The average Bonchev–Trinajstić information content (AvgIpc) is 2.56. The number of β-amino-alcohol motifs (C(OH)–C–C–N with tert-alkyl or cyclic N) is 1. The largest absolute Gasteiger partial charge is 0.492 e. The molecule has 0 aliphatic carbocycles. The molecule has 2 N–H and O–H groups in total. The minimum absolute atomic E-state index is 0.235. The van der Waals surface area contributed by atoms with Crippen LogP contribution in [-0.4, -0.2) is 55.4 Å². The number of nitrogens with one attached hydrogen (secondary N) is 1. The number of hydrogen-bond acceptors (Lipinski definition) is 5. The molecule has 1 aromatic carbocycles. The third-order valence-electron chi connectivity index (χ3n) is 4.17. The van der Waals surface area contributed by atoms with Crippen molar-refractivity contribution < 1.29 is 9.84 Å². The van der Waals surface area contributed by atoms with Gasteiger partial charge in [-0.25, -0.2) is 0 Å². The molecule has 126 valence electrons. The summed E-state index contributed by atoms with van der Waals surface area (Å²) in [6.45, 7) is 7.23. The van der Waals surface area contributed by atoms with E-state index in [0.29, 0.717) is 18.1 Å². The second-order valence-electron chi connectivity index (χ2n) is 6.29. The zero-order chi connectivity index (χ0) is 16.5. The van der Waals surface area contributed by atoms with Crippen LogP contribution in [-0.2, 0) is 0 Å². The van der Waals surface area contributed by atoms with Gasteiger partial charge >= 0.3 is 0 Å². The van der Waals surface area contributed by atoms with E-state index in [9.17, 15) is 5.11 Å². The second-order valence-corrected chi connectivity index (χ2v) is 6.29. The third kappa shape index (κ3) is 6.57. The Kier molecular flexibility index (Phi) is 7.34. The van der Waals surface area contributed by atoms with Gasteiger partial charge in [-0.15, -0.1) is 0 Å². The summed E-state index contributed by atoms with van der Waals surface area (Å²) >= 11 is 0. The minimum Gasteiger partial charge on any atom is -0.492 e. The molecule has 2 rings (SSSR count). The maximum Gasteiger partial charge on any atom is 0.120 e. The average molecular weight is 317 g/mol. The van der Waals surface area contributed by atoms with E-state index in [0.717, 1.165) is 38.5 Å². The Bertz CT molecular complexity index is 505. The van der Waals surface area contributed by atoms with Gasteiger partial charge in [0.05, 0.1) is 17.7 Å². The summed E-state index contributed by atoms with van der Waals surface area (Å²) in [5.41, 5.74) is 0.624. The number of piperidine rings is 1. The van der Waals surface area contributed by atoms with E-state index in [2.05, 4.69) is 16.3 Å². The number of likely N-dealkylation sites (tertiary alicyclic amines) is 1. The lowest BCUT2D eigenvalue weighted by Crippen LogP contribution is -2.40. The van der Waals surface area contributed by atoms with Crippen molar-refractivity contribution >= 4 is 0 Å². The normalized spacial score (nSPS) is 17.6. The molecule has 0 saturated carbocycles. The number of benzene rings is 1. The Morgan fingerprint density at radius 3 is 2.91 bits per heavy atom. The van der Waals surface area contributed by atoms with Crippen LogP contribution in [0.4, 0.5) is 0 Å². The summed E-state index contributed by atoms with van der Waals surface area (Å²) < 4.78 is 5.65. The first-order valence-electron chi connectivity index (χ1n) is 8.41. The van der Waals surface area contributed by atoms with Crippen molar-refractivity contribution in [1.29, 1.82) is 5.26 Å². The van der Waals surface area contributed by atoms with Crippen molar-refractivity contribution in [3.05, 3.63) is 29.8 Å². The quantitative estimate of drug-likeness (QED) is 0.713. The fourth-order valence-corrected chi connectivity index (χ4v) is 2.95. The fourth-order valence-electron chi connectivity index (χ4n) is 2.95. The molecule has 1 fully saturated rings. The van der Waals surface area contributed by atoms with Gasteiger partial charge in [-0.1, -0.05) is 6.07 Å². The molecule has 23 heavy (non-hydrogen) atoms. The summed E-state index contributed by atoms with van der Waals surface area (Å²) in [6, 6.07) is 9.36. The summed E-state index contributed by atoms with van der Waals surface area (Å²) in [4.78, 5) is 2.34. The molecular formula is C18H27N3O2. The Morgan fingerprint density at radius 1 is 1.43 bits per heavy atom. The van der Waals surface area contributed by atoms with Gasteiger partial charge in [0.15, 0.2) is 0 Å². The Labute approximate surface area is 138 Å². The SMILES string of the molecule is CC(O)CN1CCC(CNCCOc2cccc(C#N)c2)CC1. The molecule has 1 atom stereocenters. The van der Waals surface area contributed by atoms with E-state index in [-0.39, 0.29) is 6.10 Å². The van der Waals surface area contributed by atoms with Crippen molar-refractivity contribution in [2.24, 2.45) is 5.92 Å². The second kappa shape index (κ2) is 9.51. The topological polar surface area (TPSA) is 68.5 Å². The number of hydrogen-bond donors (Lipinski definition) is 2. The molecule has 0 radical (unpaired) electrons. The number of nitrogens with zero attached hydrogens (tertiary/aromatic N) is 2. The van der Waals surface area contributed by atoms with Crippen LogP contribution in [0.2, 0.25) is 0 Å². The highest BCUT2D eigenvalue weighted by molar-refractivity contribution is 5.36. The lowest BCUT2D eigenvalue weighted by molar-refractivity contribution is 0.0996. The van der Waals surface area contributed by atoms with Gasteiger partial charge in [-0.05, 0) is 63.5 Å². The number of aliphatic hydroxyl groups is 1. The van der Waals surface area contributed by atoms with Crippen LogP contribution in [0.3, 0.4) is 0 Å². The van der Waals surface area contributed by atoms with Gasteiger partial charge in [0.1, 0.15) is 12.4 Å². The number of nitriles is 1. The highest BCUT2D eigenvalue weighted by atomic mass is 16.5. The molecule has 1 heterocycles. The minimum atomic E-state index is -0.235. The highest BCUT2D eigenvalue weighted by Gasteiger charge is 2.19. The third-order valence-corrected chi connectivity index (χ3v) is 4.17. The fraction of sp³-hybridized carbons (Fsp3) is 0.611. The maximum atomic E-state index is 9.41. The molecule has 1 aliphatic rings. The predicted octanol–water partition coefficient (Wildman–Crippen LogP) is 1.62. The zero-order valence-corrected chi connectivity index (χ0v) is 13.9. The lowest BCUT2D eigenvalue weighted by atomic mass is 9.96. The summed E-state index contributed by atoms with van der Waals surface area (Å²) in [7, 11) is 0. The summed E-state index contributed by atoms with van der Waals surface area (Å²) in [5, 5.41) is 21.7. The van der Waals surface area contributed by atoms with Gasteiger partial charge in [-0.2, -0.15) is 5.26 Å². The zero-order valence-electron chi connectivity index (χ0n) is 13.9. The van der Waals surface area contributed by atoms with Crippen LogP contribution in [0.5, 0.6) is 5.75 Å². The number of aliphatic hydroxyl groups excluding tert-OH is 1. The van der Waals surface area contributed by atoms with Crippen molar-refractivity contribution in [1.82, 2.24) is 10.2 Å². The molecule has 5 nitrogen and oxygen atoms in total. The van der Waals surface area contributed by atoms with E-state index in [1.165, 1.54) is 12.8 Å². The van der Waals surface area contributed by atoms with Gasteiger partial charge in [0.25, 0.3) is 0 Å². The van der Waals surface area contributed by atoms with E-state index in [1.54, 1.807) is 12.1 Å². The molecule has 0 bridgehead atoms. The van der Waals surface area contributed by atoms with Crippen LogP contribution in [0.15, 0.2) is 24.3 Å². The standard InChI is InChI=1S/C18H27N3O2/c1-15(22)14-21-8-5-16(6-9-21)13-20-7-10-23-18-4-2-3-17(11-18)12-19/h2-4,11,15-16,20,22H,5-10,13-14H2,1H3. The Hall–Kier alpha value is -1.61. The van der Waals surface area contributed by atoms with Crippen LogP contribution >= 0.6 is 0 Å². The molecular weight excluding hydrogens is 290 g/mol. The molecule has 0 amide bonds. The first-order chi connectivity index (χ1) is 11.2. The van der Waals surface area contributed by atoms with Crippen LogP contribution in [0, 0.1) is 17.2 Å². The number of rotatable bonds is 8.